The highest BCUT2D eigenvalue weighted by Gasteiger charge is 2.37. The molecule has 0 fully saturated rings. The van der Waals surface area contributed by atoms with Crippen molar-refractivity contribution in [3.8, 4) is 0 Å². The van der Waals surface area contributed by atoms with Crippen molar-refractivity contribution in [2.75, 3.05) is 27.2 Å². The fourth-order valence-corrected chi connectivity index (χ4v) is 4.76. The van der Waals surface area contributed by atoms with Crippen LogP contribution >= 0.6 is 0 Å². The molecule has 0 aliphatic heterocycles. The highest BCUT2D eigenvalue weighted by molar-refractivity contribution is 6.33. The molecular formula is C29H58BN3O3. The second-order valence-corrected chi connectivity index (χ2v) is 10.9. The summed E-state index contributed by atoms with van der Waals surface area (Å²) in [5.74, 6) is -0.110. The van der Waals surface area contributed by atoms with Gasteiger partial charge in [-0.25, -0.2) is 0 Å². The Morgan fingerprint density at radius 3 is 2.08 bits per heavy atom. The Bertz CT molecular complexity index is 602. The fourth-order valence-electron chi connectivity index (χ4n) is 4.76. The summed E-state index contributed by atoms with van der Waals surface area (Å²) in [6, 6.07) is -0.739. The van der Waals surface area contributed by atoms with Gasteiger partial charge in [0.25, 0.3) is 0 Å². The minimum atomic E-state index is -0.739. The van der Waals surface area contributed by atoms with Crippen molar-refractivity contribution in [1.29, 1.82) is 0 Å². The summed E-state index contributed by atoms with van der Waals surface area (Å²) >= 11 is 0. The first kappa shape index (κ1) is 34.6. The van der Waals surface area contributed by atoms with Gasteiger partial charge in [-0.3, -0.25) is 14.4 Å². The summed E-state index contributed by atoms with van der Waals surface area (Å²) in [6.07, 6.45) is 15.0. The average Bonchev–Trinajstić information content (AvgIpc) is 2.87. The van der Waals surface area contributed by atoms with Crippen molar-refractivity contribution in [3.63, 3.8) is 0 Å². The van der Waals surface area contributed by atoms with Gasteiger partial charge in [0.2, 0.25) is 11.8 Å². The molecule has 7 heteroatoms. The van der Waals surface area contributed by atoms with Gasteiger partial charge < -0.3 is 15.5 Å². The number of amides is 2. The lowest BCUT2D eigenvalue weighted by Crippen LogP contribution is -2.50. The van der Waals surface area contributed by atoms with E-state index in [1.54, 1.807) is 11.9 Å². The zero-order valence-electron chi connectivity index (χ0n) is 24.7. The van der Waals surface area contributed by atoms with E-state index < -0.39 is 11.5 Å². The molecule has 0 radical (unpaired) electrons. The lowest BCUT2D eigenvalue weighted by Gasteiger charge is -2.33. The molecule has 6 nitrogen and oxygen atoms in total. The first-order valence-corrected chi connectivity index (χ1v) is 15.0. The van der Waals surface area contributed by atoms with Crippen LogP contribution in [0.25, 0.3) is 0 Å². The molecule has 0 spiro atoms. The van der Waals surface area contributed by atoms with Crippen molar-refractivity contribution in [1.82, 2.24) is 15.5 Å². The number of nitrogens with zero attached hydrogens (tertiary/aromatic N) is 1. The minimum Gasteiger partial charge on any atom is -0.354 e. The topological polar surface area (TPSA) is 78.5 Å². The van der Waals surface area contributed by atoms with E-state index in [9.17, 15) is 14.4 Å². The molecule has 36 heavy (non-hydrogen) atoms. The number of rotatable bonds is 24. The Morgan fingerprint density at radius 1 is 0.861 bits per heavy atom. The summed E-state index contributed by atoms with van der Waals surface area (Å²) in [5.41, 5.74) is -0.433. The van der Waals surface area contributed by atoms with E-state index in [1.165, 1.54) is 26.4 Å². The highest BCUT2D eigenvalue weighted by atomic mass is 16.2. The normalized spacial score (nSPS) is 13.6. The molecule has 0 aromatic rings. The summed E-state index contributed by atoms with van der Waals surface area (Å²) in [4.78, 5) is 41.5. The predicted octanol–water partition coefficient (Wildman–Crippen LogP) is 5.52. The van der Waals surface area contributed by atoms with Gasteiger partial charge in [0.1, 0.15) is 19.1 Å². The Balaban J connectivity index is 5.44. The largest absolute Gasteiger partial charge is 0.354 e. The van der Waals surface area contributed by atoms with Crippen molar-refractivity contribution < 1.29 is 14.4 Å². The lowest BCUT2D eigenvalue weighted by atomic mass is 9.74. The van der Waals surface area contributed by atoms with Crippen LogP contribution in [0.4, 0.5) is 0 Å². The Hall–Kier alpha value is -1.37. The molecule has 0 aliphatic carbocycles. The Kier molecular flexibility index (Phi) is 20.9. The van der Waals surface area contributed by atoms with Crippen LogP contribution < -0.4 is 10.6 Å². The highest BCUT2D eigenvalue weighted by Crippen LogP contribution is 2.34. The molecule has 0 aromatic carbocycles. The van der Waals surface area contributed by atoms with Crippen LogP contribution in [0, 0.1) is 5.41 Å². The van der Waals surface area contributed by atoms with Gasteiger partial charge in [-0.2, -0.15) is 0 Å². The van der Waals surface area contributed by atoms with Gasteiger partial charge in [0.05, 0.1) is 0 Å². The summed E-state index contributed by atoms with van der Waals surface area (Å²) in [6.45, 7) is 9.99. The van der Waals surface area contributed by atoms with E-state index in [0.29, 0.717) is 13.0 Å². The number of likely N-dealkylation sites (N-methyl/N-ethyl adjacent to an activating group) is 1. The zero-order valence-corrected chi connectivity index (χ0v) is 24.7. The van der Waals surface area contributed by atoms with Crippen LogP contribution in [0.5, 0.6) is 0 Å². The molecule has 0 bridgehead atoms. The van der Waals surface area contributed by atoms with Crippen LogP contribution in [0.1, 0.15) is 117 Å². The molecule has 2 amide bonds. The maximum Gasteiger partial charge on any atom is 0.243 e. The van der Waals surface area contributed by atoms with E-state index in [-0.39, 0.29) is 24.0 Å². The third kappa shape index (κ3) is 15.0. The van der Waals surface area contributed by atoms with Crippen LogP contribution in [-0.4, -0.2) is 63.0 Å². The van der Waals surface area contributed by atoms with Gasteiger partial charge in [-0.1, -0.05) is 91.7 Å². The molecule has 0 aliphatic rings. The van der Waals surface area contributed by atoms with E-state index in [4.69, 9.17) is 0 Å². The first-order valence-electron chi connectivity index (χ1n) is 15.0. The molecule has 0 saturated carbocycles. The zero-order chi connectivity index (χ0) is 27.2. The lowest BCUT2D eigenvalue weighted by molar-refractivity contribution is -0.142. The standard InChI is InChI=1S/C29H58BN3O3/c1-7-9-11-15-20-29(3,19-14-10-8-2)26(34)24-25(28(36)32-23-17-22-31-5)33(6)27(35)18-13-12-16-21-30-4/h25,30-31H,7-24H2,1-6H3,(H,32,36). The number of ketones is 1. The second kappa shape index (κ2) is 21.7. The number of unbranched alkanes of at least 4 members (excludes halogenated alkanes) is 7. The van der Waals surface area contributed by atoms with Gasteiger partial charge in [0.15, 0.2) is 0 Å². The van der Waals surface area contributed by atoms with Crippen molar-refractivity contribution in [2.45, 2.75) is 136 Å². The molecular weight excluding hydrogens is 449 g/mol. The van der Waals surface area contributed by atoms with Crippen LogP contribution in [0.15, 0.2) is 0 Å². The number of hydrogen-bond donors (Lipinski definition) is 2. The summed E-state index contributed by atoms with van der Waals surface area (Å²) in [5, 5.41) is 6.07. The number of nitrogens with one attached hydrogen (secondary N) is 2. The summed E-state index contributed by atoms with van der Waals surface area (Å²) < 4.78 is 0. The van der Waals surface area contributed by atoms with E-state index in [0.717, 1.165) is 77.2 Å². The number of Topliss-reactive ketones (excluding diaryl/α,β-unsaturated/α-hetero) is 1. The third-order valence-corrected chi connectivity index (χ3v) is 7.53. The SMILES string of the molecule is CBCCCCCC(=O)N(C)C(CC(=O)C(C)(CCCCC)CCCCCC)C(=O)NCCCNC. The predicted molar refractivity (Wildman–Crippen MR) is 155 cm³/mol. The minimum absolute atomic E-state index is 0.0368. The molecule has 2 unspecified atom stereocenters. The average molecular weight is 508 g/mol. The van der Waals surface area contributed by atoms with E-state index >= 15 is 0 Å². The third-order valence-electron chi connectivity index (χ3n) is 7.53. The fraction of sp³-hybridized carbons (Fsp3) is 0.897. The van der Waals surface area contributed by atoms with Gasteiger partial charge in [-0.05, 0) is 39.3 Å². The van der Waals surface area contributed by atoms with Crippen LogP contribution in [-0.2, 0) is 14.4 Å². The maximum absolute atomic E-state index is 13.7. The Labute approximate surface area is 223 Å². The number of carbonyl (C=O) groups excluding carboxylic acids is 3. The molecule has 210 valence electrons. The smallest absolute Gasteiger partial charge is 0.243 e. The molecule has 0 aromatic heterocycles. The second-order valence-electron chi connectivity index (χ2n) is 10.9. The monoisotopic (exact) mass is 507 g/mol. The maximum atomic E-state index is 13.7. The van der Waals surface area contributed by atoms with Crippen molar-refractivity contribution in [2.24, 2.45) is 5.41 Å². The van der Waals surface area contributed by atoms with Crippen LogP contribution in [0.3, 0.4) is 0 Å². The molecule has 0 rings (SSSR count). The molecule has 0 heterocycles. The molecule has 2 atom stereocenters. The quantitative estimate of drug-likeness (QED) is 0.133. The Morgan fingerprint density at radius 2 is 1.47 bits per heavy atom. The molecule has 2 N–H and O–H groups in total. The van der Waals surface area contributed by atoms with Crippen molar-refractivity contribution in [3.05, 3.63) is 0 Å². The molecule has 0 saturated heterocycles. The first-order chi connectivity index (χ1) is 17.3. The van der Waals surface area contributed by atoms with Crippen LogP contribution in [0.2, 0.25) is 13.1 Å². The van der Waals surface area contributed by atoms with E-state index in [1.807, 2.05) is 7.05 Å². The number of hydrogen-bond acceptors (Lipinski definition) is 4. The number of carbonyl (C=O) groups is 3. The van der Waals surface area contributed by atoms with Gasteiger partial charge in [0, 0.05) is 31.8 Å². The van der Waals surface area contributed by atoms with E-state index in [2.05, 4.69) is 38.2 Å². The summed E-state index contributed by atoms with van der Waals surface area (Å²) in [7, 11) is 4.76. The van der Waals surface area contributed by atoms with Gasteiger partial charge in [-0.15, -0.1) is 0 Å². The van der Waals surface area contributed by atoms with Crippen molar-refractivity contribution >= 4 is 24.9 Å². The van der Waals surface area contributed by atoms with Gasteiger partial charge >= 0.3 is 0 Å².